The van der Waals surface area contributed by atoms with E-state index in [1.807, 2.05) is 0 Å². The van der Waals surface area contributed by atoms with E-state index in [-0.39, 0.29) is 5.91 Å². The Bertz CT molecular complexity index is 178. The third-order valence-electron chi connectivity index (χ3n) is 1.64. The molecule has 3 heteroatoms. The summed E-state index contributed by atoms with van der Waals surface area (Å²) in [5.74, 6) is -0.108. The van der Waals surface area contributed by atoms with Gasteiger partial charge in [0.25, 0.3) is 0 Å². The average Bonchev–Trinajstić information content (AvgIpc) is 2.33. The Hall–Kier alpha value is -1.12. The van der Waals surface area contributed by atoms with Crippen molar-refractivity contribution in [2.24, 2.45) is 0 Å². The lowest BCUT2D eigenvalue weighted by Gasteiger charge is -2.14. The van der Waals surface area contributed by atoms with E-state index in [1.165, 1.54) is 6.08 Å². The second-order valence-corrected chi connectivity index (χ2v) is 2.33. The molecule has 1 atom stereocenters. The van der Waals surface area contributed by atoms with E-state index >= 15 is 0 Å². The normalized spacial score (nSPS) is 31.4. The third kappa shape index (κ3) is 0.943. The van der Waals surface area contributed by atoms with Crippen molar-refractivity contribution in [1.82, 2.24) is 5.32 Å². The van der Waals surface area contributed by atoms with Crippen LogP contribution in [0.15, 0.2) is 12.7 Å². The lowest BCUT2D eigenvalue weighted by Crippen LogP contribution is -2.40. The minimum Gasteiger partial charge on any atom is -0.340 e. The van der Waals surface area contributed by atoms with Gasteiger partial charge in [0.1, 0.15) is 5.54 Å². The number of carbonyl (C=O) groups excluding carboxylic acids is 2. The second-order valence-electron chi connectivity index (χ2n) is 2.33. The molecular weight excluding hydrogens is 130 g/mol. The first-order valence-corrected chi connectivity index (χ1v) is 3.06. The fourth-order valence-corrected chi connectivity index (χ4v) is 0.956. The standard InChI is InChI=1S/C7H8NO2/c1-2-7(5-9)4-3-6(10)8-7/h2H,1,3-4H2,(H,8,10)/t7-/m0/s1. The molecule has 53 valence electrons. The van der Waals surface area contributed by atoms with E-state index in [9.17, 15) is 9.59 Å². The topological polar surface area (TPSA) is 46.2 Å². The van der Waals surface area contributed by atoms with Crippen molar-refractivity contribution in [3.63, 3.8) is 0 Å². The number of hydrogen-bond donors (Lipinski definition) is 1. The highest BCUT2D eigenvalue weighted by atomic mass is 16.2. The number of carbonyl (C=O) groups is 1. The summed E-state index contributed by atoms with van der Waals surface area (Å²) in [4.78, 5) is 20.9. The molecule has 0 unspecified atom stereocenters. The van der Waals surface area contributed by atoms with Gasteiger partial charge in [-0.3, -0.25) is 9.59 Å². The van der Waals surface area contributed by atoms with Crippen LogP contribution < -0.4 is 5.32 Å². The molecule has 10 heavy (non-hydrogen) atoms. The maximum Gasteiger partial charge on any atom is 0.230 e. The molecule has 3 nitrogen and oxygen atoms in total. The molecule has 1 radical (unpaired) electrons. The Labute approximate surface area is 59.1 Å². The Morgan fingerprint density at radius 2 is 2.50 bits per heavy atom. The van der Waals surface area contributed by atoms with Gasteiger partial charge in [-0.15, -0.1) is 6.58 Å². The van der Waals surface area contributed by atoms with E-state index in [4.69, 9.17) is 0 Å². The Balaban J connectivity index is 2.77. The second kappa shape index (κ2) is 2.25. The van der Waals surface area contributed by atoms with Gasteiger partial charge in [-0.1, -0.05) is 6.08 Å². The molecule has 0 aromatic rings. The zero-order valence-corrected chi connectivity index (χ0v) is 5.52. The average molecular weight is 138 g/mol. The van der Waals surface area contributed by atoms with Crippen molar-refractivity contribution >= 4 is 12.2 Å². The molecule has 1 N–H and O–H groups in total. The van der Waals surface area contributed by atoms with E-state index in [0.29, 0.717) is 12.8 Å². The lowest BCUT2D eigenvalue weighted by molar-refractivity contribution is -0.119. The molecule has 0 aromatic carbocycles. The summed E-state index contributed by atoms with van der Waals surface area (Å²) in [6, 6.07) is 0. The predicted molar refractivity (Wildman–Crippen MR) is 36.0 cm³/mol. The van der Waals surface area contributed by atoms with Crippen LogP contribution in [0.25, 0.3) is 0 Å². The van der Waals surface area contributed by atoms with E-state index in [2.05, 4.69) is 11.9 Å². The van der Waals surface area contributed by atoms with Crippen LogP contribution in [0.5, 0.6) is 0 Å². The van der Waals surface area contributed by atoms with Crippen LogP contribution in [0.3, 0.4) is 0 Å². The highest BCUT2D eigenvalue weighted by Gasteiger charge is 2.35. The smallest absolute Gasteiger partial charge is 0.230 e. The quantitative estimate of drug-likeness (QED) is 0.543. The molecule has 0 spiro atoms. The largest absolute Gasteiger partial charge is 0.340 e. The summed E-state index contributed by atoms with van der Waals surface area (Å²) in [7, 11) is 0. The van der Waals surface area contributed by atoms with Gasteiger partial charge in [0.2, 0.25) is 12.2 Å². The number of nitrogens with one attached hydrogen (secondary N) is 1. The molecule has 1 amide bonds. The maximum absolute atomic E-state index is 10.6. The first-order valence-electron chi connectivity index (χ1n) is 3.06. The van der Waals surface area contributed by atoms with Crippen molar-refractivity contribution in [3.05, 3.63) is 12.7 Å². The maximum atomic E-state index is 10.6. The molecule has 0 bridgehead atoms. The summed E-state index contributed by atoms with van der Waals surface area (Å²) in [5.41, 5.74) is -0.892. The van der Waals surface area contributed by atoms with Gasteiger partial charge in [-0.05, 0) is 6.42 Å². The fraction of sp³-hybridized carbons (Fsp3) is 0.429. The Morgan fingerprint density at radius 3 is 2.70 bits per heavy atom. The number of rotatable bonds is 2. The number of amides is 1. The van der Waals surface area contributed by atoms with E-state index < -0.39 is 5.54 Å². The Kier molecular flexibility index (Phi) is 1.57. The van der Waals surface area contributed by atoms with Crippen LogP contribution in [0.4, 0.5) is 0 Å². The van der Waals surface area contributed by atoms with Crippen LogP contribution in [0, 0.1) is 0 Å². The highest BCUT2D eigenvalue weighted by molar-refractivity contribution is 5.87. The first-order chi connectivity index (χ1) is 4.72. The molecule has 1 aliphatic rings. The van der Waals surface area contributed by atoms with Crippen molar-refractivity contribution < 1.29 is 9.59 Å². The minimum absolute atomic E-state index is 0.108. The number of hydrogen-bond acceptors (Lipinski definition) is 2. The lowest BCUT2D eigenvalue weighted by atomic mass is 10.0. The molecule has 0 aliphatic carbocycles. The van der Waals surface area contributed by atoms with Gasteiger partial charge >= 0.3 is 0 Å². The Morgan fingerprint density at radius 1 is 1.80 bits per heavy atom. The van der Waals surface area contributed by atoms with Crippen molar-refractivity contribution in [2.45, 2.75) is 18.4 Å². The first kappa shape index (κ1) is 6.99. The van der Waals surface area contributed by atoms with Crippen LogP contribution in [0.2, 0.25) is 0 Å². The molecule has 1 fully saturated rings. The van der Waals surface area contributed by atoms with Gasteiger partial charge in [0, 0.05) is 6.42 Å². The van der Waals surface area contributed by atoms with Gasteiger partial charge in [0.15, 0.2) is 0 Å². The van der Waals surface area contributed by atoms with Crippen LogP contribution in [-0.4, -0.2) is 17.7 Å². The molecule has 0 saturated carbocycles. The van der Waals surface area contributed by atoms with Crippen LogP contribution >= 0.6 is 0 Å². The highest BCUT2D eigenvalue weighted by Crippen LogP contribution is 2.18. The zero-order chi connectivity index (χ0) is 7.61. The summed E-state index contributed by atoms with van der Waals surface area (Å²) in [6.07, 6.45) is 4.05. The molecule has 0 aromatic heterocycles. The van der Waals surface area contributed by atoms with Gasteiger partial charge in [-0.25, -0.2) is 0 Å². The minimum atomic E-state index is -0.892. The van der Waals surface area contributed by atoms with E-state index in [1.54, 1.807) is 6.29 Å². The third-order valence-corrected chi connectivity index (χ3v) is 1.64. The molecular formula is C7H8NO2. The molecule has 1 heterocycles. The van der Waals surface area contributed by atoms with Crippen molar-refractivity contribution in [2.75, 3.05) is 0 Å². The van der Waals surface area contributed by atoms with Crippen LogP contribution in [-0.2, 0) is 9.59 Å². The fourth-order valence-electron chi connectivity index (χ4n) is 0.956. The predicted octanol–water partition coefficient (Wildman–Crippen LogP) is -0.0691. The van der Waals surface area contributed by atoms with Gasteiger partial charge in [0.05, 0.1) is 0 Å². The zero-order valence-electron chi connectivity index (χ0n) is 5.52. The molecule has 1 rings (SSSR count). The molecule has 1 saturated heterocycles. The SMILES string of the molecule is C=C[C@@]1([C]=O)CCC(=O)N1. The van der Waals surface area contributed by atoms with Gasteiger partial charge in [-0.2, -0.15) is 0 Å². The molecule has 1 aliphatic heterocycles. The summed E-state index contributed by atoms with van der Waals surface area (Å²) >= 11 is 0. The summed E-state index contributed by atoms with van der Waals surface area (Å²) < 4.78 is 0. The van der Waals surface area contributed by atoms with Crippen molar-refractivity contribution in [1.29, 1.82) is 0 Å². The summed E-state index contributed by atoms with van der Waals surface area (Å²) in [5, 5.41) is 2.49. The van der Waals surface area contributed by atoms with Crippen LogP contribution in [0.1, 0.15) is 12.8 Å². The monoisotopic (exact) mass is 138 g/mol. The van der Waals surface area contributed by atoms with Crippen molar-refractivity contribution in [3.8, 4) is 0 Å². The van der Waals surface area contributed by atoms with E-state index in [0.717, 1.165) is 0 Å². The summed E-state index contributed by atoms with van der Waals surface area (Å²) in [6.45, 7) is 3.44. The van der Waals surface area contributed by atoms with Gasteiger partial charge < -0.3 is 5.32 Å².